The van der Waals surface area contributed by atoms with Gasteiger partial charge >= 0.3 is 6.03 Å². The SMILES string of the molecule is Cc1ccc(F)c(NC(=O)Nc2ccc(Oc3ccnc(-c4cc(C(=O)NCCCc5nn[nH]n5)c[nH]4)c3)cc2)c1. The second kappa shape index (κ2) is 12.5. The maximum absolute atomic E-state index is 13.9. The van der Waals surface area contributed by atoms with E-state index in [1.807, 2.05) is 6.92 Å². The second-order valence-electron chi connectivity index (χ2n) is 9.06. The van der Waals surface area contributed by atoms with Crippen molar-refractivity contribution in [2.45, 2.75) is 19.8 Å². The van der Waals surface area contributed by atoms with Crippen LogP contribution in [0.1, 0.15) is 28.2 Å². The van der Waals surface area contributed by atoms with E-state index in [2.05, 4.69) is 46.5 Å². The number of aryl methyl sites for hydroxylation is 2. The molecule has 3 amide bonds. The number of carbonyl (C=O) groups excluding carboxylic acids is 2. The molecule has 12 nitrogen and oxygen atoms in total. The Balaban J connectivity index is 1.14. The van der Waals surface area contributed by atoms with Crippen LogP contribution in [0.15, 0.2) is 73.1 Å². The predicted octanol–water partition coefficient (Wildman–Crippen LogP) is 4.84. The number of nitrogens with zero attached hydrogens (tertiary/aromatic N) is 4. The van der Waals surface area contributed by atoms with Crippen molar-refractivity contribution in [3.8, 4) is 22.9 Å². The molecule has 3 aromatic heterocycles. The number of hydrogen-bond acceptors (Lipinski definition) is 7. The molecule has 0 radical (unpaired) electrons. The number of ether oxygens (including phenoxy) is 1. The first-order chi connectivity index (χ1) is 19.9. The van der Waals surface area contributed by atoms with Gasteiger partial charge in [0.25, 0.3) is 5.91 Å². The van der Waals surface area contributed by atoms with Crippen molar-refractivity contribution in [3.05, 3.63) is 95.8 Å². The van der Waals surface area contributed by atoms with Crippen molar-refractivity contribution in [2.24, 2.45) is 0 Å². The average molecular weight is 556 g/mol. The first kappa shape index (κ1) is 27.0. The minimum absolute atomic E-state index is 0.0997. The van der Waals surface area contributed by atoms with Crippen molar-refractivity contribution in [3.63, 3.8) is 0 Å². The summed E-state index contributed by atoms with van der Waals surface area (Å²) in [6, 6.07) is 15.8. The maximum atomic E-state index is 13.9. The predicted molar refractivity (Wildman–Crippen MR) is 149 cm³/mol. The Hall–Kier alpha value is -5.59. The molecule has 0 aliphatic carbocycles. The molecular weight excluding hydrogens is 529 g/mol. The van der Waals surface area contributed by atoms with Crippen LogP contribution >= 0.6 is 0 Å². The normalized spacial score (nSPS) is 10.7. The van der Waals surface area contributed by atoms with Crippen LogP contribution < -0.4 is 20.7 Å². The molecule has 0 unspecified atom stereocenters. The molecule has 13 heteroatoms. The maximum Gasteiger partial charge on any atom is 0.323 e. The summed E-state index contributed by atoms with van der Waals surface area (Å²) in [5.41, 5.74) is 3.16. The van der Waals surface area contributed by atoms with E-state index in [1.165, 1.54) is 6.07 Å². The summed E-state index contributed by atoms with van der Waals surface area (Å²) >= 11 is 0. The third-order valence-electron chi connectivity index (χ3n) is 5.92. The van der Waals surface area contributed by atoms with E-state index in [0.717, 1.165) is 5.56 Å². The van der Waals surface area contributed by atoms with Gasteiger partial charge in [-0.05, 0) is 67.4 Å². The molecule has 0 saturated heterocycles. The molecule has 0 atom stereocenters. The number of carbonyl (C=O) groups is 2. The fourth-order valence-electron chi connectivity index (χ4n) is 3.90. The third kappa shape index (κ3) is 7.29. The number of rotatable bonds is 10. The standard InChI is InChI=1S/C28H26FN9O3/c1-17-4-9-22(29)23(13-17)34-28(40)33-19-5-7-20(8-6-19)41-21-10-12-30-25(15-21)24-14-18(16-32-24)27(39)31-11-2-3-26-35-37-38-36-26/h4-10,12-16,32H,2-3,11H2,1H3,(H,31,39)(H2,33,34,40)(H,35,36,37,38). The minimum Gasteiger partial charge on any atom is -0.457 e. The Kier molecular flexibility index (Phi) is 8.24. The van der Waals surface area contributed by atoms with Gasteiger partial charge in [0.05, 0.1) is 22.6 Å². The van der Waals surface area contributed by atoms with Gasteiger partial charge < -0.3 is 25.7 Å². The van der Waals surface area contributed by atoms with Crippen molar-refractivity contribution in [2.75, 3.05) is 17.2 Å². The van der Waals surface area contributed by atoms with Gasteiger partial charge in [-0.15, -0.1) is 10.2 Å². The van der Waals surface area contributed by atoms with Gasteiger partial charge in [0.1, 0.15) is 17.3 Å². The lowest BCUT2D eigenvalue weighted by molar-refractivity contribution is 0.0953. The Labute approximate surface area is 233 Å². The zero-order chi connectivity index (χ0) is 28.6. The number of benzene rings is 2. The van der Waals surface area contributed by atoms with E-state index >= 15 is 0 Å². The van der Waals surface area contributed by atoms with Gasteiger partial charge in [0.15, 0.2) is 5.82 Å². The van der Waals surface area contributed by atoms with Crippen molar-refractivity contribution in [1.82, 2.24) is 35.9 Å². The molecule has 0 bridgehead atoms. The Morgan fingerprint density at radius 3 is 2.66 bits per heavy atom. The van der Waals surface area contributed by atoms with Gasteiger partial charge in [0.2, 0.25) is 0 Å². The van der Waals surface area contributed by atoms with E-state index < -0.39 is 11.8 Å². The van der Waals surface area contributed by atoms with Crippen molar-refractivity contribution >= 4 is 23.3 Å². The molecule has 5 rings (SSSR count). The number of urea groups is 1. The van der Waals surface area contributed by atoms with Crippen LogP contribution in [0.4, 0.5) is 20.6 Å². The van der Waals surface area contributed by atoms with Crippen LogP contribution in [0, 0.1) is 12.7 Å². The van der Waals surface area contributed by atoms with Gasteiger partial charge in [-0.1, -0.05) is 11.3 Å². The average Bonchev–Trinajstić information content (AvgIpc) is 3.67. The van der Waals surface area contributed by atoms with E-state index in [0.29, 0.717) is 59.3 Å². The largest absolute Gasteiger partial charge is 0.457 e. The monoisotopic (exact) mass is 555 g/mol. The van der Waals surface area contributed by atoms with E-state index in [4.69, 9.17) is 4.74 Å². The number of halogens is 1. The molecule has 0 spiro atoms. The van der Waals surface area contributed by atoms with E-state index in [-0.39, 0.29) is 11.6 Å². The number of pyridine rings is 1. The highest BCUT2D eigenvalue weighted by atomic mass is 19.1. The third-order valence-corrected chi connectivity index (χ3v) is 5.92. The number of amides is 3. The molecule has 0 saturated carbocycles. The quantitative estimate of drug-likeness (QED) is 0.154. The number of hydrogen-bond donors (Lipinski definition) is 5. The molecule has 0 fully saturated rings. The van der Waals surface area contributed by atoms with Gasteiger partial charge in [0, 0.05) is 37.1 Å². The summed E-state index contributed by atoms with van der Waals surface area (Å²) < 4.78 is 19.9. The van der Waals surface area contributed by atoms with Crippen LogP contribution in [-0.2, 0) is 6.42 Å². The van der Waals surface area contributed by atoms with Crippen LogP contribution in [0.5, 0.6) is 11.5 Å². The lowest BCUT2D eigenvalue weighted by Gasteiger charge is -2.10. The van der Waals surface area contributed by atoms with E-state index in [9.17, 15) is 14.0 Å². The molecule has 2 aromatic carbocycles. The summed E-state index contributed by atoms with van der Waals surface area (Å²) in [6.45, 7) is 2.28. The molecule has 41 heavy (non-hydrogen) atoms. The minimum atomic E-state index is -0.565. The molecule has 0 aliphatic heterocycles. The summed E-state index contributed by atoms with van der Waals surface area (Å²) in [6.07, 6.45) is 4.51. The smallest absolute Gasteiger partial charge is 0.323 e. The number of anilines is 2. The van der Waals surface area contributed by atoms with Crippen molar-refractivity contribution in [1.29, 1.82) is 0 Å². The summed E-state index contributed by atoms with van der Waals surface area (Å²) in [5, 5.41) is 21.7. The zero-order valence-electron chi connectivity index (χ0n) is 21.9. The fourth-order valence-corrected chi connectivity index (χ4v) is 3.90. The number of tetrazole rings is 1. The highest BCUT2D eigenvalue weighted by Gasteiger charge is 2.12. The van der Waals surface area contributed by atoms with Gasteiger partial charge in [-0.2, -0.15) is 5.21 Å². The molecule has 3 heterocycles. The number of aromatic amines is 2. The molecule has 0 aliphatic rings. The van der Waals surface area contributed by atoms with Gasteiger partial charge in [-0.25, -0.2) is 9.18 Å². The van der Waals surface area contributed by atoms with E-state index in [1.54, 1.807) is 67.0 Å². The lowest BCUT2D eigenvalue weighted by atomic mass is 10.2. The fraction of sp³-hybridized carbons (Fsp3) is 0.143. The van der Waals surface area contributed by atoms with Crippen LogP contribution in [-0.4, -0.2) is 49.1 Å². The number of nitrogens with one attached hydrogen (secondary N) is 5. The Bertz CT molecular complexity index is 1640. The van der Waals surface area contributed by atoms with Crippen molar-refractivity contribution < 1.29 is 18.7 Å². The molecule has 5 N–H and O–H groups in total. The Morgan fingerprint density at radius 2 is 1.85 bits per heavy atom. The number of aromatic nitrogens is 6. The molecule has 208 valence electrons. The van der Waals surface area contributed by atoms with Gasteiger partial charge in [-0.3, -0.25) is 9.78 Å². The summed E-state index contributed by atoms with van der Waals surface area (Å²) in [4.78, 5) is 32.2. The van der Waals surface area contributed by atoms with Crippen LogP contribution in [0.2, 0.25) is 0 Å². The highest BCUT2D eigenvalue weighted by molar-refractivity contribution is 6.00. The summed E-state index contributed by atoms with van der Waals surface area (Å²) in [7, 11) is 0. The lowest BCUT2D eigenvalue weighted by Crippen LogP contribution is -2.24. The number of H-pyrrole nitrogens is 2. The Morgan fingerprint density at radius 1 is 1.00 bits per heavy atom. The first-order valence-corrected chi connectivity index (χ1v) is 12.7. The van der Waals surface area contributed by atoms with Crippen LogP contribution in [0.3, 0.4) is 0 Å². The topological polar surface area (TPSA) is 163 Å². The first-order valence-electron chi connectivity index (χ1n) is 12.7. The molecule has 5 aromatic rings. The highest BCUT2D eigenvalue weighted by Crippen LogP contribution is 2.27. The second-order valence-corrected chi connectivity index (χ2v) is 9.06. The zero-order valence-corrected chi connectivity index (χ0v) is 21.9. The summed E-state index contributed by atoms with van der Waals surface area (Å²) in [5.74, 6) is 0.941. The van der Waals surface area contributed by atoms with Crippen LogP contribution in [0.25, 0.3) is 11.4 Å². The molecular formula is C28H26FN9O3.